The Bertz CT molecular complexity index is 1190. The van der Waals surface area contributed by atoms with Crippen molar-refractivity contribution in [2.24, 2.45) is 0 Å². The zero-order valence-electron chi connectivity index (χ0n) is 19.7. The molecule has 0 aliphatic carbocycles. The average molecular weight is 450 g/mol. The first-order chi connectivity index (χ1) is 15.9. The third-order valence-electron chi connectivity index (χ3n) is 6.88. The van der Waals surface area contributed by atoms with E-state index in [0.717, 1.165) is 54.8 Å². The molecule has 1 amide bonds. The van der Waals surface area contributed by atoms with Gasteiger partial charge in [-0.2, -0.15) is 10.1 Å². The maximum Gasteiger partial charge on any atom is 0.229 e. The van der Waals surface area contributed by atoms with E-state index in [1.54, 1.807) is 26.4 Å². The van der Waals surface area contributed by atoms with Crippen LogP contribution in [0, 0.1) is 0 Å². The summed E-state index contributed by atoms with van der Waals surface area (Å²) in [5.74, 6) is 1.39. The van der Waals surface area contributed by atoms with Crippen molar-refractivity contribution in [3.63, 3.8) is 0 Å². The van der Waals surface area contributed by atoms with Crippen LogP contribution in [0.4, 0.5) is 11.6 Å². The van der Waals surface area contributed by atoms with Gasteiger partial charge in [0, 0.05) is 32.3 Å². The van der Waals surface area contributed by atoms with Crippen LogP contribution in [0.25, 0.3) is 11.0 Å². The number of nitrogens with zero attached hydrogens (tertiary/aromatic N) is 6. The molecule has 1 fully saturated rings. The molecule has 4 heterocycles. The number of fused-ring (bicyclic) bond motifs is 2. The lowest BCUT2D eigenvalue weighted by atomic mass is 9.99. The highest BCUT2D eigenvalue weighted by atomic mass is 16.5. The first-order valence-corrected chi connectivity index (χ1v) is 11.6. The third kappa shape index (κ3) is 4.13. The average Bonchev–Trinajstić information content (AvgIpc) is 3.36. The summed E-state index contributed by atoms with van der Waals surface area (Å²) in [6, 6.07) is 4.64. The molecule has 0 radical (unpaired) electrons. The van der Waals surface area contributed by atoms with E-state index >= 15 is 0 Å². The van der Waals surface area contributed by atoms with Crippen LogP contribution in [0.15, 0.2) is 24.5 Å². The summed E-state index contributed by atoms with van der Waals surface area (Å²) in [4.78, 5) is 25.7. The monoisotopic (exact) mass is 449 g/mol. The number of ether oxygens (including phenoxy) is 1. The van der Waals surface area contributed by atoms with Crippen molar-refractivity contribution in [3.05, 3.63) is 35.7 Å². The summed E-state index contributed by atoms with van der Waals surface area (Å²) in [6.07, 6.45) is 6.57. The van der Waals surface area contributed by atoms with Crippen LogP contribution in [-0.4, -0.2) is 68.2 Å². The smallest absolute Gasteiger partial charge is 0.229 e. The second-order valence-electron chi connectivity index (χ2n) is 9.24. The number of rotatable bonds is 5. The highest BCUT2D eigenvalue weighted by Crippen LogP contribution is 2.33. The molecule has 0 saturated carbocycles. The zero-order valence-corrected chi connectivity index (χ0v) is 19.7. The van der Waals surface area contributed by atoms with E-state index in [0.29, 0.717) is 12.5 Å². The summed E-state index contributed by atoms with van der Waals surface area (Å²) >= 11 is 0. The number of carbonyl (C=O) groups is 1. The minimum absolute atomic E-state index is 0.114. The van der Waals surface area contributed by atoms with Crippen molar-refractivity contribution in [1.82, 2.24) is 29.5 Å². The second kappa shape index (κ2) is 8.62. The third-order valence-corrected chi connectivity index (χ3v) is 6.88. The lowest BCUT2D eigenvalue weighted by Gasteiger charge is -2.27. The van der Waals surface area contributed by atoms with Crippen LogP contribution in [0.1, 0.15) is 37.8 Å². The van der Waals surface area contributed by atoms with Gasteiger partial charge >= 0.3 is 0 Å². The Morgan fingerprint density at radius 3 is 2.88 bits per heavy atom. The molecular weight excluding hydrogens is 418 g/mol. The molecule has 1 N–H and O–H groups in total. The van der Waals surface area contributed by atoms with Gasteiger partial charge in [0.1, 0.15) is 5.75 Å². The van der Waals surface area contributed by atoms with Gasteiger partial charge in [0.05, 0.1) is 37.0 Å². The molecule has 2 atom stereocenters. The molecule has 1 aromatic carbocycles. The van der Waals surface area contributed by atoms with E-state index in [4.69, 9.17) is 9.72 Å². The number of carbonyl (C=O) groups excluding carboxylic acids is 1. The Balaban J connectivity index is 1.43. The normalized spacial score (nSPS) is 20.8. The first-order valence-electron chi connectivity index (χ1n) is 11.6. The largest absolute Gasteiger partial charge is 0.495 e. The topological polar surface area (TPSA) is 88.4 Å². The lowest BCUT2D eigenvalue weighted by molar-refractivity contribution is -0.131. The van der Waals surface area contributed by atoms with E-state index < -0.39 is 0 Å². The van der Waals surface area contributed by atoms with Gasteiger partial charge in [0.15, 0.2) is 5.65 Å². The summed E-state index contributed by atoms with van der Waals surface area (Å²) in [5.41, 5.74) is 4.22. The van der Waals surface area contributed by atoms with Crippen LogP contribution in [0.2, 0.25) is 0 Å². The van der Waals surface area contributed by atoms with E-state index in [2.05, 4.69) is 46.4 Å². The Morgan fingerprint density at radius 1 is 1.24 bits per heavy atom. The number of methoxy groups -OCH3 is 1. The molecule has 1 saturated heterocycles. The van der Waals surface area contributed by atoms with E-state index in [1.165, 1.54) is 11.1 Å². The van der Waals surface area contributed by atoms with Crippen LogP contribution in [0.3, 0.4) is 0 Å². The van der Waals surface area contributed by atoms with Crippen molar-refractivity contribution in [2.75, 3.05) is 26.0 Å². The molecule has 9 nitrogen and oxygen atoms in total. The Morgan fingerprint density at radius 2 is 2.09 bits per heavy atom. The molecule has 0 bridgehead atoms. The van der Waals surface area contributed by atoms with Gasteiger partial charge in [-0.05, 0) is 56.5 Å². The molecule has 2 aliphatic heterocycles. The van der Waals surface area contributed by atoms with Crippen molar-refractivity contribution in [3.8, 4) is 5.75 Å². The molecule has 0 unspecified atom stereocenters. The molecule has 0 spiro atoms. The number of nitrogens with one attached hydrogen (secondary N) is 1. The van der Waals surface area contributed by atoms with E-state index in [1.807, 2.05) is 9.58 Å². The van der Waals surface area contributed by atoms with Gasteiger partial charge in [0.25, 0.3) is 0 Å². The minimum Gasteiger partial charge on any atom is -0.495 e. The minimum atomic E-state index is 0.114. The van der Waals surface area contributed by atoms with Crippen LogP contribution in [0.5, 0.6) is 5.75 Å². The van der Waals surface area contributed by atoms with Crippen molar-refractivity contribution < 1.29 is 9.53 Å². The van der Waals surface area contributed by atoms with Gasteiger partial charge in [-0.3, -0.25) is 4.79 Å². The Labute approximate surface area is 193 Å². The highest BCUT2D eigenvalue weighted by molar-refractivity contribution is 5.76. The predicted octanol–water partition coefficient (Wildman–Crippen LogP) is 2.97. The van der Waals surface area contributed by atoms with E-state index in [-0.39, 0.29) is 18.0 Å². The highest BCUT2D eigenvalue weighted by Gasteiger charge is 2.33. The van der Waals surface area contributed by atoms with Gasteiger partial charge in [0.2, 0.25) is 11.9 Å². The molecule has 174 valence electrons. The fourth-order valence-corrected chi connectivity index (χ4v) is 5.19. The SMILES string of the molecule is COc1cc2c(cc1Nc1ncc3cnn(C[C@H]4CC[C@@H](C)N4C(C)=O)c3n1)CN(C)CC2. The van der Waals surface area contributed by atoms with Gasteiger partial charge in [-0.25, -0.2) is 9.67 Å². The van der Waals surface area contributed by atoms with E-state index in [9.17, 15) is 4.79 Å². The summed E-state index contributed by atoms with van der Waals surface area (Å²) in [6.45, 7) is 6.33. The van der Waals surface area contributed by atoms with Crippen LogP contribution >= 0.6 is 0 Å². The number of hydrogen-bond donors (Lipinski definition) is 1. The van der Waals surface area contributed by atoms with Crippen molar-refractivity contribution in [2.45, 2.75) is 58.3 Å². The van der Waals surface area contributed by atoms with Crippen molar-refractivity contribution in [1.29, 1.82) is 0 Å². The number of hydrogen-bond acceptors (Lipinski definition) is 7. The first kappa shape index (κ1) is 21.6. The number of amides is 1. The fourth-order valence-electron chi connectivity index (χ4n) is 5.19. The number of benzene rings is 1. The summed E-state index contributed by atoms with van der Waals surface area (Å²) in [5, 5.41) is 8.77. The van der Waals surface area contributed by atoms with Gasteiger partial charge in [-0.1, -0.05) is 0 Å². The molecule has 2 aromatic heterocycles. The van der Waals surface area contributed by atoms with Crippen LogP contribution in [-0.2, 0) is 24.3 Å². The molecule has 2 aliphatic rings. The standard InChI is InChI=1S/C24H31N7O2/c1-15-5-6-20(31(15)16(2)32)14-30-23-19(12-26-30)11-25-24(28-23)27-21-9-18-13-29(3)8-7-17(18)10-22(21)33-4/h9-12,15,20H,5-8,13-14H2,1-4H3,(H,25,27,28)/t15-,20-/m1/s1. The maximum absolute atomic E-state index is 12.1. The van der Waals surface area contributed by atoms with Gasteiger partial charge in [-0.15, -0.1) is 0 Å². The summed E-state index contributed by atoms with van der Waals surface area (Å²) in [7, 11) is 3.82. The predicted molar refractivity (Wildman–Crippen MR) is 127 cm³/mol. The molecule has 9 heteroatoms. The summed E-state index contributed by atoms with van der Waals surface area (Å²) < 4.78 is 7.54. The number of likely N-dealkylation sites (N-methyl/N-ethyl adjacent to an activating group) is 1. The zero-order chi connectivity index (χ0) is 23.1. The molecule has 33 heavy (non-hydrogen) atoms. The number of anilines is 2. The van der Waals surface area contributed by atoms with Crippen molar-refractivity contribution >= 4 is 28.6 Å². The lowest BCUT2D eigenvalue weighted by Crippen LogP contribution is -2.40. The Kier molecular flexibility index (Phi) is 5.65. The van der Waals surface area contributed by atoms with Gasteiger partial charge < -0.3 is 19.9 Å². The fraction of sp³-hybridized carbons (Fsp3) is 0.500. The molecule has 5 rings (SSSR count). The number of likely N-dealkylation sites (tertiary alicyclic amines) is 1. The van der Waals surface area contributed by atoms with Crippen LogP contribution < -0.4 is 10.1 Å². The maximum atomic E-state index is 12.1. The second-order valence-corrected chi connectivity index (χ2v) is 9.24. The quantitative estimate of drug-likeness (QED) is 0.641. The number of aromatic nitrogens is 4. The molecule has 3 aromatic rings. The Hall–Kier alpha value is -3.20. The molecular formula is C24H31N7O2.